The van der Waals surface area contributed by atoms with Crippen LogP contribution in [-0.4, -0.2) is 37.8 Å². The zero-order chi connectivity index (χ0) is 19.3. The molecule has 1 unspecified atom stereocenters. The molecule has 1 saturated heterocycles. The number of pyridine rings is 1. The van der Waals surface area contributed by atoms with Crippen molar-refractivity contribution in [1.29, 1.82) is 0 Å². The van der Waals surface area contributed by atoms with Gasteiger partial charge in [-0.2, -0.15) is 0 Å². The number of hydrogen-bond donors (Lipinski definition) is 1. The highest BCUT2D eigenvalue weighted by atomic mass is 16.6. The number of carbonyl (C=O) groups excluding carboxylic acids is 2. The lowest BCUT2D eigenvalue weighted by Gasteiger charge is -2.24. The lowest BCUT2D eigenvalue weighted by Crippen LogP contribution is -2.38. The fourth-order valence-electron chi connectivity index (χ4n) is 3.21. The maximum atomic E-state index is 13.0. The van der Waals surface area contributed by atoms with Crippen molar-refractivity contribution in [2.45, 2.75) is 32.0 Å². The Morgan fingerprint density at radius 3 is 2.71 bits per heavy atom. The van der Waals surface area contributed by atoms with Gasteiger partial charge < -0.3 is 14.6 Å². The molecule has 142 valence electrons. The summed E-state index contributed by atoms with van der Waals surface area (Å²) in [6.45, 7) is 0.710. The molecular weight excluding hydrogens is 356 g/mol. The van der Waals surface area contributed by atoms with Crippen LogP contribution in [-0.2, 0) is 27.4 Å². The number of aromatic amines is 1. The van der Waals surface area contributed by atoms with Gasteiger partial charge in [0, 0.05) is 37.3 Å². The van der Waals surface area contributed by atoms with Crippen molar-refractivity contribution in [2.24, 2.45) is 0 Å². The minimum Gasteiger partial charge on any atom is -0.452 e. The maximum Gasteiger partial charge on any atom is 0.306 e. The monoisotopic (exact) mass is 376 g/mol. The number of rotatable bonds is 6. The van der Waals surface area contributed by atoms with E-state index in [9.17, 15) is 9.59 Å². The Labute approximate surface area is 162 Å². The Morgan fingerprint density at radius 1 is 1.14 bits per heavy atom. The highest BCUT2D eigenvalue weighted by molar-refractivity contribution is 5.86. The van der Waals surface area contributed by atoms with Crippen LogP contribution < -0.4 is 0 Å². The van der Waals surface area contributed by atoms with Crippen LogP contribution in [0.2, 0.25) is 0 Å². The summed E-state index contributed by atoms with van der Waals surface area (Å²) in [5.74, 6) is 0.217. The van der Waals surface area contributed by atoms with Crippen LogP contribution in [0.25, 0.3) is 11.4 Å². The van der Waals surface area contributed by atoms with Gasteiger partial charge in [0.25, 0.3) is 5.91 Å². The van der Waals surface area contributed by atoms with Gasteiger partial charge in [-0.3, -0.25) is 14.6 Å². The second-order valence-corrected chi connectivity index (χ2v) is 6.70. The third kappa shape index (κ3) is 4.09. The normalized spacial score (nSPS) is 16.0. The molecule has 1 amide bonds. The Balaban J connectivity index is 1.54. The Hall–Kier alpha value is -3.48. The largest absolute Gasteiger partial charge is 0.452 e. The number of carbonyl (C=O) groups is 2. The van der Waals surface area contributed by atoms with Crippen LogP contribution in [0, 0.1) is 0 Å². The van der Waals surface area contributed by atoms with E-state index in [1.54, 1.807) is 23.5 Å². The third-order valence-corrected chi connectivity index (χ3v) is 4.60. The van der Waals surface area contributed by atoms with Gasteiger partial charge in [0.05, 0.1) is 18.4 Å². The molecule has 0 saturated carbocycles. The Bertz CT molecular complexity index is 956. The predicted octanol–water partition coefficient (Wildman–Crippen LogP) is 2.71. The van der Waals surface area contributed by atoms with Crippen molar-refractivity contribution in [1.82, 2.24) is 19.9 Å². The van der Waals surface area contributed by atoms with Gasteiger partial charge in [-0.05, 0) is 11.6 Å². The van der Waals surface area contributed by atoms with Gasteiger partial charge in [-0.1, -0.05) is 36.4 Å². The molecule has 0 bridgehead atoms. The van der Waals surface area contributed by atoms with E-state index in [-0.39, 0.29) is 18.3 Å². The van der Waals surface area contributed by atoms with E-state index < -0.39 is 6.10 Å². The molecule has 4 rings (SSSR count). The molecule has 7 heteroatoms. The van der Waals surface area contributed by atoms with Crippen LogP contribution in [0.4, 0.5) is 0 Å². The van der Waals surface area contributed by atoms with Crippen molar-refractivity contribution in [3.05, 3.63) is 72.3 Å². The summed E-state index contributed by atoms with van der Waals surface area (Å²) in [6.07, 6.45) is 5.12. The van der Waals surface area contributed by atoms with E-state index in [1.165, 1.54) is 0 Å². The number of nitrogens with zero attached hydrogens (tertiary/aromatic N) is 3. The number of cyclic esters (lactones) is 1. The van der Waals surface area contributed by atoms with Crippen LogP contribution in [0.3, 0.4) is 0 Å². The summed E-state index contributed by atoms with van der Waals surface area (Å²) in [4.78, 5) is 37.9. The standard InChI is InChI=1S/C21H20N4O3/c26-19-9-8-18(28-19)21(27)25(13-15-5-4-10-22-11-15)14-17-12-23-20(24-17)16-6-2-1-3-7-16/h1-7,10-12,18H,8-9,13-14H2,(H,23,24). The fourth-order valence-corrected chi connectivity index (χ4v) is 3.21. The summed E-state index contributed by atoms with van der Waals surface area (Å²) < 4.78 is 5.18. The first-order chi connectivity index (χ1) is 13.7. The number of hydrogen-bond acceptors (Lipinski definition) is 5. The molecule has 1 N–H and O–H groups in total. The predicted molar refractivity (Wildman–Crippen MR) is 102 cm³/mol. The SMILES string of the molecule is O=C1CCC(C(=O)N(Cc2cccnc2)Cc2cnc(-c3ccccc3)[nH]2)O1. The number of ether oxygens (including phenoxy) is 1. The zero-order valence-electron chi connectivity index (χ0n) is 15.2. The number of benzene rings is 1. The first-order valence-electron chi connectivity index (χ1n) is 9.15. The number of imidazole rings is 1. The quantitative estimate of drug-likeness (QED) is 0.668. The molecule has 0 radical (unpaired) electrons. The smallest absolute Gasteiger partial charge is 0.306 e. The average Bonchev–Trinajstić information content (AvgIpc) is 3.38. The Kier molecular flexibility index (Phi) is 5.14. The van der Waals surface area contributed by atoms with Crippen LogP contribution in [0.15, 0.2) is 61.1 Å². The number of H-pyrrole nitrogens is 1. The van der Waals surface area contributed by atoms with Crippen molar-refractivity contribution in [2.75, 3.05) is 0 Å². The molecule has 28 heavy (non-hydrogen) atoms. The van der Waals surface area contributed by atoms with E-state index in [0.717, 1.165) is 22.6 Å². The molecule has 1 aliphatic rings. The highest BCUT2D eigenvalue weighted by Crippen LogP contribution is 2.20. The molecular formula is C21H20N4O3. The lowest BCUT2D eigenvalue weighted by atomic mass is 10.2. The van der Waals surface area contributed by atoms with Crippen LogP contribution in [0.1, 0.15) is 24.1 Å². The van der Waals surface area contributed by atoms with Crippen molar-refractivity contribution in [3.8, 4) is 11.4 Å². The topological polar surface area (TPSA) is 88.2 Å². The van der Waals surface area contributed by atoms with Gasteiger partial charge in [-0.25, -0.2) is 4.98 Å². The van der Waals surface area contributed by atoms with Crippen molar-refractivity contribution >= 4 is 11.9 Å². The first kappa shape index (κ1) is 17.9. The number of amides is 1. The van der Waals surface area contributed by atoms with Gasteiger partial charge in [0.15, 0.2) is 6.10 Å². The average molecular weight is 376 g/mol. The fraction of sp³-hybridized carbons (Fsp3) is 0.238. The number of aromatic nitrogens is 3. The second kappa shape index (κ2) is 8.04. The number of nitrogens with one attached hydrogen (secondary N) is 1. The van der Waals surface area contributed by atoms with Gasteiger partial charge in [0.1, 0.15) is 5.82 Å². The van der Waals surface area contributed by atoms with Crippen molar-refractivity contribution in [3.63, 3.8) is 0 Å². The molecule has 1 aliphatic heterocycles. The number of esters is 1. The summed E-state index contributed by atoms with van der Waals surface area (Å²) >= 11 is 0. The molecule has 1 aromatic carbocycles. The van der Waals surface area contributed by atoms with Crippen LogP contribution in [0.5, 0.6) is 0 Å². The summed E-state index contributed by atoms with van der Waals surface area (Å²) in [5.41, 5.74) is 2.69. The summed E-state index contributed by atoms with van der Waals surface area (Å²) in [5, 5.41) is 0. The van der Waals surface area contributed by atoms with Gasteiger partial charge >= 0.3 is 5.97 Å². The van der Waals surface area contributed by atoms with E-state index in [2.05, 4.69) is 15.0 Å². The maximum absolute atomic E-state index is 13.0. The third-order valence-electron chi connectivity index (χ3n) is 4.60. The lowest BCUT2D eigenvalue weighted by molar-refractivity contribution is -0.153. The molecule has 3 aromatic rings. The van der Waals surface area contributed by atoms with Crippen LogP contribution >= 0.6 is 0 Å². The molecule has 0 aliphatic carbocycles. The van der Waals surface area contributed by atoms with Gasteiger partial charge in [0.2, 0.25) is 0 Å². The highest BCUT2D eigenvalue weighted by Gasteiger charge is 2.33. The molecule has 1 fully saturated rings. The first-order valence-corrected chi connectivity index (χ1v) is 9.15. The molecule has 1 atom stereocenters. The minimum absolute atomic E-state index is 0.203. The molecule has 2 aromatic heterocycles. The van der Waals surface area contributed by atoms with E-state index in [0.29, 0.717) is 19.5 Å². The minimum atomic E-state index is -0.722. The van der Waals surface area contributed by atoms with E-state index >= 15 is 0 Å². The zero-order valence-corrected chi connectivity index (χ0v) is 15.2. The van der Waals surface area contributed by atoms with E-state index in [1.807, 2.05) is 42.5 Å². The molecule has 3 heterocycles. The van der Waals surface area contributed by atoms with Crippen molar-refractivity contribution < 1.29 is 14.3 Å². The van der Waals surface area contributed by atoms with Gasteiger partial charge in [-0.15, -0.1) is 0 Å². The summed E-state index contributed by atoms with van der Waals surface area (Å²) in [7, 11) is 0. The summed E-state index contributed by atoms with van der Waals surface area (Å²) in [6, 6.07) is 13.5. The molecule has 7 nitrogen and oxygen atoms in total. The second-order valence-electron chi connectivity index (χ2n) is 6.70. The Morgan fingerprint density at radius 2 is 2.00 bits per heavy atom. The van der Waals surface area contributed by atoms with E-state index in [4.69, 9.17) is 4.74 Å². The molecule has 0 spiro atoms.